The minimum atomic E-state index is 0.915. The van der Waals surface area contributed by atoms with Gasteiger partial charge >= 0.3 is 0 Å². The number of aryl methyl sites for hydroxylation is 4. The Bertz CT molecular complexity index is 686. The van der Waals surface area contributed by atoms with Gasteiger partial charge in [0, 0.05) is 39.3 Å². The van der Waals surface area contributed by atoms with Gasteiger partial charge in [-0.15, -0.1) is 0 Å². The highest BCUT2D eigenvalue weighted by Gasteiger charge is 2.18. The van der Waals surface area contributed by atoms with Crippen molar-refractivity contribution in [2.45, 2.75) is 40.8 Å². The average Bonchev–Trinajstić information content (AvgIpc) is 2.56. The third-order valence-electron chi connectivity index (χ3n) is 4.94. The minimum Gasteiger partial charge on any atom is -0.297 e. The molecule has 0 N–H and O–H groups in total. The second-order valence-electron chi connectivity index (χ2n) is 6.96. The summed E-state index contributed by atoms with van der Waals surface area (Å²) in [6.45, 7) is 14.7. The van der Waals surface area contributed by atoms with Gasteiger partial charge in [-0.1, -0.05) is 29.8 Å². The Morgan fingerprint density at radius 1 is 0.708 bits per heavy atom. The van der Waals surface area contributed by atoms with Crippen LogP contribution in [0.3, 0.4) is 0 Å². The van der Waals surface area contributed by atoms with Gasteiger partial charge in [-0.2, -0.15) is 0 Å². The van der Waals surface area contributed by atoms with Crippen LogP contribution in [-0.2, 0) is 13.1 Å². The largest absolute Gasteiger partial charge is 0.297 e. The SMILES string of the molecule is Cc1ccc(CN2CCN(Cc3nc(C)c(C)nc3C)CC2)cc1. The summed E-state index contributed by atoms with van der Waals surface area (Å²) in [6.07, 6.45) is 0. The minimum absolute atomic E-state index is 0.915. The number of aromatic nitrogens is 2. The third kappa shape index (κ3) is 4.19. The Labute approximate surface area is 145 Å². The van der Waals surface area contributed by atoms with Crippen molar-refractivity contribution in [2.75, 3.05) is 26.2 Å². The monoisotopic (exact) mass is 324 g/mol. The molecule has 4 nitrogen and oxygen atoms in total. The fourth-order valence-electron chi connectivity index (χ4n) is 3.18. The molecule has 3 rings (SSSR count). The molecule has 2 heterocycles. The van der Waals surface area contributed by atoms with Crippen molar-refractivity contribution in [3.05, 3.63) is 58.2 Å². The van der Waals surface area contributed by atoms with E-state index in [9.17, 15) is 0 Å². The fourth-order valence-corrected chi connectivity index (χ4v) is 3.18. The van der Waals surface area contributed by atoms with E-state index >= 15 is 0 Å². The van der Waals surface area contributed by atoms with E-state index in [1.807, 2.05) is 13.8 Å². The zero-order valence-electron chi connectivity index (χ0n) is 15.3. The number of nitrogens with zero attached hydrogens (tertiary/aromatic N) is 4. The Hall–Kier alpha value is -1.78. The van der Waals surface area contributed by atoms with Crippen molar-refractivity contribution in [3.63, 3.8) is 0 Å². The van der Waals surface area contributed by atoms with Gasteiger partial charge < -0.3 is 0 Å². The molecule has 2 aromatic rings. The third-order valence-corrected chi connectivity index (χ3v) is 4.94. The molecule has 1 aromatic carbocycles. The van der Waals surface area contributed by atoms with E-state index < -0.39 is 0 Å². The van der Waals surface area contributed by atoms with Crippen molar-refractivity contribution >= 4 is 0 Å². The Morgan fingerprint density at radius 2 is 1.25 bits per heavy atom. The normalized spacial score (nSPS) is 16.5. The molecule has 0 spiro atoms. The maximum atomic E-state index is 4.74. The summed E-state index contributed by atoms with van der Waals surface area (Å²) in [7, 11) is 0. The predicted octanol–water partition coefficient (Wildman–Crippen LogP) is 3.03. The standard InChI is InChI=1S/C20H28N4/c1-15-5-7-19(8-6-15)13-23-9-11-24(12-10-23)14-20-18(4)21-16(2)17(3)22-20/h5-8H,9-14H2,1-4H3. The Kier molecular flexibility index (Phi) is 5.27. The number of hydrogen-bond acceptors (Lipinski definition) is 4. The molecule has 1 aromatic heterocycles. The first-order chi connectivity index (χ1) is 11.5. The van der Waals surface area contributed by atoms with Gasteiger partial charge in [-0.3, -0.25) is 19.8 Å². The van der Waals surface area contributed by atoms with Crippen LogP contribution in [0, 0.1) is 27.7 Å². The van der Waals surface area contributed by atoms with E-state index in [0.29, 0.717) is 0 Å². The smallest absolute Gasteiger partial charge is 0.0759 e. The molecule has 24 heavy (non-hydrogen) atoms. The molecule has 0 aliphatic carbocycles. The van der Waals surface area contributed by atoms with Gasteiger partial charge in [0.05, 0.1) is 22.8 Å². The first-order valence-corrected chi connectivity index (χ1v) is 8.82. The predicted molar refractivity (Wildman–Crippen MR) is 98.0 cm³/mol. The molecule has 0 unspecified atom stereocenters. The van der Waals surface area contributed by atoms with Crippen LogP contribution in [0.5, 0.6) is 0 Å². The maximum absolute atomic E-state index is 4.74. The van der Waals surface area contributed by atoms with E-state index in [-0.39, 0.29) is 0 Å². The van der Waals surface area contributed by atoms with Crippen molar-refractivity contribution in [2.24, 2.45) is 0 Å². The molecule has 0 saturated carbocycles. The summed E-state index contributed by atoms with van der Waals surface area (Å²) >= 11 is 0. The van der Waals surface area contributed by atoms with Crippen molar-refractivity contribution in [1.29, 1.82) is 0 Å². The van der Waals surface area contributed by atoms with Gasteiger partial charge in [-0.25, -0.2) is 0 Å². The second-order valence-corrected chi connectivity index (χ2v) is 6.96. The highest BCUT2D eigenvalue weighted by atomic mass is 15.3. The zero-order chi connectivity index (χ0) is 17.1. The summed E-state index contributed by atoms with van der Waals surface area (Å²) in [5.41, 5.74) is 7.02. The maximum Gasteiger partial charge on any atom is 0.0759 e. The van der Waals surface area contributed by atoms with E-state index in [4.69, 9.17) is 4.98 Å². The molecule has 0 amide bonds. The van der Waals surface area contributed by atoms with Gasteiger partial charge in [0.2, 0.25) is 0 Å². The lowest BCUT2D eigenvalue weighted by Crippen LogP contribution is -2.45. The molecular formula is C20H28N4. The first kappa shape index (κ1) is 17.1. The van der Waals surface area contributed by atoms with Gasteiger partial charge in [0.1, 0.15) is 0 Å². The van der Waals surface area contributed by atoms with Crippen LogP contribution in [0.2, 0.25) is 0 Å². The van der Waals surface area contributed by atoms with Gasteiger partial charge in [-0.05, 0) is 33.3 Å². The molecule has 0 radical (unpaired) electrons. The summed E-state index contributed by atoms with van der Waals surface area (Å²) < 4.78 is 0. The number of rotatable bonds is 4. The van der Waals surface area contributed by atoms with Crippen LogP contribution >= 0.6 is 0 Å². The second kappa shape index (κ2) is 7.41. The number of hydrogen-bond donors (Lipinski definition) is 0. The highest BCUT2D eigenvalue weighted by molar-refractivity contribution is 5.21. The Balaban J connectivity index is 1.53. The molecule has 1 fully saturated rings. The van der Waals surface area contributed by atoms with E-state index in [1.54, 1.807) is 0 Å². The Morgan fingerprint density at radius 3 is 1.88 bits per heavy atom. The van der Waals surface area contributed by atoms with E-state index in [1.165, 1.54) is 11.1 Å². The molecule has 128 valence electrons. The summed E-state index contributed by atoms with van der Waals surface area (Å²) in [4.78, 5) is 14.4. The topological polar surface area (TPSA) is 32.3 Å². The van der Waals surface area contributed by atoms with E-state index in [0.717, 1.165) is 62.0 Å². The number of piperazine rings is 1. The first-order valence-electron chi connectivity index (χ1n) is 8.82. The van der Waals surface area contributed by atoms with Crippen molar-refractivity contribution < 1.29 is 0 Å². The molecule has 1 saturated heterocycles. The van der Waals surface area contributed by atoms with Crippen molar-refractivity contribution in [3.8, 4) is 0 Å². The highest BCUT2D eigenvalue weighted by Crippen LogP contribution is 2.14. The summed E-state index contributed by atoms with van der Waals surface area (Å²) in [5, 5.41) is 0. The van der Waals surface area contributed by atoms with Crippen LogP contribution in [0.25, 0.3) is 0 Å². The fraction of sp³-hybridized carbons (Fsp3) is 0.500. The average molecular weight is 324 g/mol. The van der Waals surface area contributed by atoms with Gasteiger partial charge in [0.25, 0.3) is 0 Å². The molecule has 1 aliphatic heterocycles. The van der Waals surface area contributed by atoms with Crippen LogP contribution in [-0.4, -0.2) is 45.9 Å². The van der Waals surface area contributed by atoms with E-state index in [2.05, 4.69) is 52.9 Å². The molecule has 0 atom stereocenters. The summed E-state index contributed by atoms with van der Waals surface area (Å²) in [6, 6.07) is 8.89. The lowest BCUT2D eigenvalue weighted by molar-refractivity contribution is 0.120. The van der Waals surface area contributed by atoms with Crippen LogP contribution in [0.1, 0.15) is 33.9 Å². The van der Waals surface area contributed by atoms with Crippen LogP contribution in [0.4, 0.5) is 0 Å². The quantitative estimate of drug-likeness (QED) is 0.865. The van der Waals surface area contributed by atoms with Crippen LogP contribution in [0.15, 0.2) is 24.3 Å². The van der Waals surface area contributed by atoms with Gasteiger partial charge in [0.15, 0.2) is 0 Å². The molecule has 4 heteroatoms. The van der Waals surface area contributed by atoms with Crippen LogP contribution < -0.4 is 0 Å². The number of benzene rings is 1. The molecular weight excluding hydrogens is 296 g/mol. The zero-order valence-corrected chi connectivity index (χ0v) is 15.3. The molecule has 0 bridgehead atoms. The lowest BCUT2D eigenvalue weighted by atomic mass is 10.1. The lowest BCUT2D eigenvalue weighted by Gasteiger charge is -2.34. The summed E-state index contributed by atoms with van der Waals surface area (Å²) in [5.74, 6) is 0. The molecule has 1 aliphatic rings. The van der Waals surface area contributed by atoms with Crippen molar-refractivity contribution in [1.82, 2.24) is 19.8 Å².